The first kappa shape index (κ1) is 7.14. The number of methoxy groups -OCH3 is 1. The summed E-state index contributed by atoms with van der Waals surface area (Å²) in [5.41, 5.74) is 0. The molecule has 0 N–H and O–H groups in total. The molecule has 1 rings (SSSR count). The molecular formula is C8H10O2. The van der Waals surface area contributed by atoms with E-state index in [1.807, 2.05) is 0 Å². The van der Waals surface area contributed by atoms with Crippen LogP contribution in [0.2, 0.25) is 0 Å². The molecule has 0 bridgehead atoms. The summed E-state index contributed by atoms with van der Waals surface area (Å²) in [6, 6.07) is 0. The molecule has 2 nitrogen and oxygen atoms in total. The molecular weight excluding hydrogens is 128 g/mol. The molecule has 0 aliphatic heterocycles. The fourth-order valence-corrected chi connectivity index (χ4v) is 1.13. The van der Waals surface area contributed by atoms with E-state index in [0.29, 0.717) is 0 Å². The third-order valence-electron chi connectivity index (χ3n) is 1.99. The minimum absolute atomic E-state index is 0.0185. The summed E-state index contributed by atoms with van der Waals surface area (Å²) in [7, 11) is 1.40. The van der Waals surface area contributed by atoms with Crippen LogP contribution in [0.4, 0.5) is 0 Å². The lowest BCUT2D eigenvalue weighted by Crippen LogP contribution is -2.32. The Balaban J connectivity index is 2.44. The van der Waals surface area contributed by atoms with Gasteiger partial charge in [-0.05, 0) is 12.8 Å². The molecule has 0 amide bonds. The van der Waals surface area contributed by atoms with E-state index in [0.717, 1.165) is 12.8 Å². The van der Waals surface area contributed by atoms with Crippen LogP contribution < -0.4 is 0 Å². The predicted octanol–water partition coefficient (Wildman–Crippen LogP) is 0.819. The fraction of sp³-hybridized carbons (Fsp3) is 0.625. The van der Waals surface area contributed by atoms with Gasteiger partial charge in [0.25, 0.3) is 0 Å². The Morgan fingerprint density at radius 1 is 1.70 bits per heavy atom. The standard InChI is InChI=1S/C8H10O2/c1-3-6-4-5-7(6)8(9)10-2/h1,6-7H,4-5H2,2H3/t6-,7-/m1/s1. The van der Waals surface area contributed by atoms with E-state index in [1.54, 1.807) is 0 Å². The van der Waals surface area contributed by atoms with Crippen molar-refractivity contribution < 1.29 is 9.53 Å². The molecule has 0 saturated heterocycles. The Labute approximate surface area is 60.6 Å². The highest BCUT2D eigenvalue weighted by Gasteiger charge is 2.35. The molecule has 1 aliphatic carbocycles. The third kappa shape index (κ3) is 0.995. The second kappa shape index (κ2) is 2.74. The van der Waals surface area contributed by atoms with Crippen LogP contribution in [0, 0.1) is 24.2 Å². The van der Waals surface area contributed by atoms with Crippen molar-refractivity contribution in [3.63, 3.8) is 0 Å². The van der Waals surface area contributed by atoms with Crippen LogP contribution in [0.1, 0.15) is 12.8 Å². The summed E-state index contributed by atoms with van der Waals surface area (Å²) in [6.07, 6.45) is 7.02. The average Bonchev–Trinajstić information content (AvgIpc) is 1.86. The lowest BCUT2D eigenvalue weighted by Gasteiger charge is -2.29. The number of esters is 1. The van der Waals surface area contributed by atoms with Gasteiger partial charge in [0, 0.05) is 5.92 Å². The van der Waals surface area contributed by atoms with Gasteiger partial charge in [-0.1, -0.05) is 0 Å². The molecule has 54 valence electrons. The zero-order valence-electron chi connectivity index (χ0n) is 5.96. The van der Waals surface area contributed by atoms with E-state index in [1.165, 1.54) is 7.11 Å². The number of ether oxygens (including phenoxy) is 1. The van der Waals surface area contributed by atoms with Gasteiger partial charge < -0.3 is 4.74 Å². The van der Waals surface area contributed by atoms with Crippen molar-refractivity contribution in [3.8, 4) is 12.3 Å². The molecule has 0 aromatic rings. The van der Waals surface area contributed by atoms with Crippen LogP contribution in [-0.4, -0.2) is 13.1 Å². The predicted molar refractivity (Wildman–Crippen MR) is 37.1 cm³/mol. The number of carbonyl (C=O) groups is 1. The Hall–Kier alpha value is -0.970. The van der Waals surface area contributed by atoms with E-state index in [-0.39, 0.29) is 17.8 Å². The smallest absolute Gasteiger partial charge is 0.309 e. The molecule has 2 atom stereocenters. The van der Waals surface area contributed by atoms with Crippen molar-refractivity contribution in [1.29, 1.82) is 0 Å². The Morgan fingerprint density at radius 2 is 2.40 bits per heavy atom. The van der Waals surface area contributed by atoms with Crippen LogP contribution in [0.25, 0.3) is 0 Å². The Morgan fingerprint density at radius 3 is 2.70 bits per heavy atom. The highest BCUT2D eigenvalue weighted by molar-refractivity contribution is 5.74. The Bertz CT molecular complexity index is 178. The van der Waals surface area contributed by atoms with E-state index < -0.39 is 0 Å². The number of carbonyl (C=O) groups excluding carboxylic acids is 1. The van der Waals surface area contributed by atoms with Crippen molar-refractivity contribution >= 4 is 5.97 Å². The molecule has 0 heterocycles. The van der Waals surface area contributed by atoms with Crippen LogP contribution in [0.5, 0.6) is 0 Å². The molecule has 0 spiro atoms. The molecule has 1 saturated carbocycles. The van der Waals surface area contributed by atoms with Gasteiger partial charge in [0.1, 0.15) is 0 Å². The molecule has 1 fully saturated rings. The summed E-state index contributed by atoms with van der Waals surface area (Å²) in [5, 5.41) is 0. The van der Waals surface area contributed by atoms with Crippen molar-refractivity contribution in [2.24, 2.45) is 11.8 Å². The van der Waals surface area contributed by atoms with E-state index in [9.17, 15) is 4.79 Å². The first-order valence-corrected chi connectivity index (χ1v) is 3.33. The van der Waals surface area contributed by atoms with Crippen LogP contribution >= 0.6 is 0 Å². The number of rotatable bonds is 1. The van der Waals surface area contributed by atoms with Gasteiger partial charge in [-0.3, -0.25) is 4.79 Å². The lowest BCUT2D eigenvalue weighted by molar-refractivity contribution is -0.150. The van der Waals surface area contributed by atoms with Crippen LogP contribution in [0.3, 0.4) is 0 Å². The van der Waals surface area contributed by atoms with Gasteiger partial charge in [-0.15, -0.1) is 12.3 Å². The van der Waals surface area contributed by atoms with Crippen LogP contribution in [0.15, 0.2) is 0 Å². The van der Waals surface area contributed by atoms with E-state index in [4.69, 9.17) is 6.42 Å². The summed E-state index contributed by atoms with van der Waals surface area (Å²) < 4.78 is 4.55. The third-order valence-corrected chi connectivity index (χ3v) is 1.99. The molecule has 2 heteroatoms. The summed E-state index contributed by atoms with van der Waals surface area (Å²) in [5.74, 6) is 2.52. The zero-order chi connectivity index (χ0) is 7.56. The SMILES string of the molecule is C#C[C@@H]1CC[C@H]1C(=O)OC. The lowest BCUT2D eigenvalue weighted by atomic mass is 9.74. The number of terminal acetylenes is 1. The van der Waals surface area contributed by atoms with Gasteiger partial charge in [0.15, 0.2) is 0 Å². The second-order valence-corrected chi connectivity index (χ2v) is 2.48. The van der Waals surface area contributed by atoms with Crippen molar-refractivity contribution in [2.75, 3.05) is 7.11 Å². The maximum atomic E-state index is 10.8. The second-order valence-electron chi connectivity index (χ2n) is 2.48. The van der Waals surface area contributed by atoms with Gasteiger partial charge in [-0.25, -0.2) is 0 Å². The monoisotopic (exact) mass is 138 g/mol. The summed E-state index contributed by atoms with van der Waals surface area (Å²) in [4.78, 5) is 10.8. The van der Waals surface area contributed by atoms with Crippen LogP contribution in [-0.2, 0) is 9.53 Å². The van der Waals surface area contributed by atoms with E-state index >= 15 is 0 Å². The van der Waals surface area contributed by atoms with Crippen molar-refractivity contribution in [2.45, 2.75) is 12.8 Å². The maximum absolute atomic E-state index is 10.8. The molecule has 0 unspecified atom stereocenters. The molecule has 0 radical (unpaired) electrons. The Kier molecular flexibility index (Phi) is 1.96. The highest BCUT2D eigenvalue weighted by atomic mass is 16.5. The topological polar surface area (TPSA) is 26.3 Å². The molecule has 10 heavy (non-hydrogen) atoms. The van der Waals surface area contributed by atoms with Crippen molar-refractivity contribution in [3.05, 3.63) is 0 Å². The summed E-state index contributed by atoms with van der Waals surface area (Å²) in [6.45, 7) is 0. The number of hydrogen-bond acceptors (Lipinski definition) is 2. The number of hydrogen-bond donors (Lipinski definition) is 0. The first-order valence-electron chi connectivity index (χ1n) is 3.33. The maximum Gasteiger partial charge on any atom is 0.309 e. The zero-order valence-corrected chi connectivity index (χ0v) is 5.96. The van der Waals surface area contributed by atoms with Gasteiger partial charge in [0.2, 0.25) is 0 Å². The molecule has 0 aromatic heterocycles. The fourth-order valence-electron chi connectivity index (χ4n) is 1.13. The molecule has 0 aromatic carbocycles. The highest BCUT2D eigenvalue weighted by Crippen LogP contribution is 2.34. The minimum Gasteiger partial charge on any atom is -0.469 e. The van der Waals surface area contributed by atoms with Gasteiger partial charge in [-0.2, -0.15) is 0 Å². The van der Waals surface area contributed by atoms with E-state index in [2.05, 4.69) is 10.7 Å². The quantitative estimate of drug-likeness (QED) is 0.396. The summed E-state index contributed by atoms with van der Waals surface area (Å²) >= 11 is 0. The minimum atomic E-state index is -0.158. The first-order chi connectivity index (χ1) is 4.79. The average molecular weight is 138 g/mol. The normalized spacial score (nSPS) is 30.0. The largest absolute Gasteiger partial charge is 0.469 e. The van der Waals surface area contributed by atoms with Crippen molar-refractivity contribution in [1.82, 2.24) is 0 Å². The van der Waals surface area contributed by atoms with Gasteiger partial charge >= 0.3 is 5.97 Å². The molecule has 1 aliphatic rings. The van der Waals surface area contributed by atoms with Gasteiger partial charge in [0.05, 0.1) is 13.0 Å².